The Hall–Kier alpha value is -1.66. The zero-order valence-corrected chi connectivity index (χ0v) is 13.0. The van der Waals surface area contributed by atoms with Crippen molar-refractivity contribution in [2.45, 2.75) is 19.4 Å². The molecule has 2 aromatic heterocycles. The number of morpholine rings is 1. The second kappa shape index (κ2) is 6.87. The summed E-state index contributed by atoms with van der Waals surface area (Å²) in [6, 6.07) is 6.58. The highest BCUT2D eigenvalue weighted by Gasteiger charge is 2.15. The third-order valence-electron chi connectivity index (χ3n) is 3.60. The van der Waals surface area contributed by atoms with Crippen LogP contribution in [-0.2, 0) is 4.74 Å². The molecule has 0 saturated carbocycles. The highest BCUT2D eigenvalue weighted by atomic mass is 32.1. The van der Waals surface area contributed by atoms with Crippen molar-refractivity contribution in [1.29, 1.82) is 0 Å². The Bertz CT molecular complexity index is 555. The van der Waals surface area contributed by atoms with Crippen LogP contribution in [0.4, 0.5) is 11.6 Å². The SMILES string of the molecule is CC[C@@H](Nc1cc(N2CCOCC2)ncn1)c1cccs1. The number of hydrogen-bond donors (Lipinski definition) is 1. The molecule has 1 atom stereocenters. The minimum atomic E-state index is 0.303. The third kappa shape index (κ3) is 3.51. The largest absolute Gasteiger partial charge is 0.378 e. The smallest absolute Gasteiger partial charge is 0.134 e. The molecule has 1 aliphatic heterocycles. The normalized spacial score (nSPS) is 16.7. The Morgan fingerprint density at radius 1 is 1.38 bits per heavy atom. The van der Waals surface area contributed by atoms with Crippen LogP contribution in [0.1, 0.15) is 24.3 Å². The minimum Gasteiger partial charge on any atom is -0.378 e. The highest BCUT2D eigenvalue weighted by Crippen LogP contribution is 2.26. The van der Waals surface area contributed by atoms with Crippen LogP contribution in [0.5, 0.6) is 0 Å². The molecule has 112 valence electrons. The summed E-state index contributed by atoms with van der Waals surface area (Å²) >= 11 is 1.77. The molecule has 0 radical (unpaired) electrons. The van der Waals surface area contributed by atoms with Gasteiger partial charge >= 0.3 is 0 Å². The number of ether oxygens (including phenoxy) is 1. The fraction of sp³-hybridized carbons (Fsp3) is 0.467. The van der Waals surface area contributed by atoms with E-state index in [0.717, 1.165) is 44.4 Å². The topological polar surface area (TPSA) is 50.3 Å². The Morgan fingerprint density at radius 3 is 2.95 bits per heavy atom. The van der Waals surface area contributed by atoms with Gasteiger partial charge in [-0.1, -0.05) is 13.0 Å². The molecule has 1 aliphatic rings. The number of aromatic nitrogens is 2. The van der Waals surface area contributed by atoms with Crippen LogP contribution in [-0.4, -0.2) is 36.3 Å². The second-order valence-electron chi connectivity index (χ2n) is 4.98. The molecule has 6 heteroatoms. The van der Waals surface area contributed by atoms with Crippen molar-refractivity contribution >= 4 is 23.0 Å². The van der Waals surface area contributed by atoms with Crippen LogP contribution in [0.2, 0.25) is 0 Å². The molecule has 0 aromatic carbocycles. The second-order valence-corrected chi connectivity index (χ2v) is 5.96. The fourth-order valence-electron chi connectivity index (χ4n) is 2.43. The van der Waals surface area contributed by atoms with Crippen molar-refractivity contribution < 1.29 is 4.74 Å². The predicted octanol–water partition coefficient (Wildman–Crippen LogP) is 2.94. The quantitative estimate of drug-likeness (QED) is 0.920. The summed E-state index contributed by atoms with van der Waals surface area (Å²) in [6.45, 7) is 5.48. The van der Waals surface area contributed by atoms with Gasteiger partial charge < -0.3 is 15.0 Å². The van der Waals surface area contributed by atoms with E-state index in [2.05, 4.69) is 44.6 Å². The molecule has 2 aromatic rings. The van der Waals surface area contributed by atoms with Gasteiger partial charge in [-0.15, -0.1) is 11.3 Å². The molecule has 1 saturated heterocycles. The van der Waals surface area contributed by atoms with E-state index in [1.165, 1.54) is 4.88 Å². The van der Waals surface area contributed by atoms with E-state index in [0.29, 0.717) is 6.04 Å². The summed E-state index contributed by atoms with van der Waals surface area (Å²) in [7, 11) is 0. The van der Waals surface area contributed by atoms with Gasteiger partial charge in [-0.25, -0.2) is 9.97 Å². The summed E-state index contributed by atoms with van der Waals surface area (Å²) in [5, 5.41) is 5.62. The monoisotopic (exact) mass is 304 g/mol. The van der Waals surface area contributed by atoms with Gasteiger partial charge in [0.25, 0.3) is 0 Å². The first kappa shape index (κ1) is 14.3. The molecular weight excluding hydrogens is 284 g/mol. The van der Waals surface area contributed by atoms with Gasteiger partial charge in [0.2, 0.25) is 0 Å². The number of anilines is 2. The molecule has 0 bridgehead atoms. The maximum Gasteiger partial charge on any atom is 0.134 e. The van der Waals surface area contributed by atoms with E-state index in [9.17, 15) is 0 Å². The van der Waals surface area contributed by atoms with Crippen LogP contribution in [0.15, 0.2) is 29.9 Å². The summed E-state index contributed by atoms with van der Waals surface area (Å²) < 4.78 is 5.38. The van der Waals surface area contributed by atoms with E-state index in [-0.39, 0.29) is 0 Å². The van der Waals surface area contributed by atoms with Crippen molar-refractivity contribution in [3.8, 4) is 0 Å². The number of nitrogens with one attached hydrogen (secondary N) is 1. The number of rotatable bonds is 5. The molecule has 21 heavy (non-hydrogen) atoms. The molecule has 0 unspecified atom stereocenters. The predicted molar refractivity (Wildman–Crippen MR) is 86.0 cm³/mol. The fourth-order valence-corrected chi connectivity index (χ4v) is 3.30. The zero-order chi connectivity index (χ0) is 14.5. The first-order valence-corrected chi connectivity index (χ1v) is 8.19. The van der Waals surface area contributed by atoms with Gasteiger partial charge in [-0.05, 0) is 17.9 Å². The van der Waals surface area contributed by atoms with Crippen molar-refractivity contribution in [2.24, 2.45) is 0 Å². The van der Waals surface area contributed by atoms with E-state index in [1.54, 1.807) is 17.7 Å². The van der Waals surface area contributed by atoms with E-state index >= 15 is 0 Å². The molecule has 0 amide bonds. The lowest BCUT2D eigenvalue weighted by atomic mass is 10.2. The van der Waals surface area contributed by atoms with Crippen LogP contribution in [0.25, 0.3) is 0 Å². The van der Waals surface area contributed by atoms with Crippen LogP contribution < -0.4 is 10.2 Å². The lowest BCUT2D eigenvalue weighted by molar-refractivity contribution is 0.122. The standard InChI is InChI=1S/C15H20N4OS/c1-2-12(13-4-3-9-21-13)18-14-10-15(17-11-16-14)19-5-7-20-8-6-19/h3-4,9-12H,2,5-8H2,1H3,(H,16,17,18)/t12-/m1/s1. The Morgan fingerprint density at radius 2 is 2.24 bits per heavy atom. The zero-order valence-electron chi connectivity index (χ0n) is 12.2. The first-order valence-electron chi connectivity index (χ1n) is 7.31. The average Bonchev–Trinajstić information content (AvgIpc) is 3.08. The van der Waals surface area contributed by atoms with Gasteiger partial charge in [0.15, 0.2) is 0 Å². The summed E-state index contributed by atoms with van der Waals surface area (Å²) in [5.74, 6) is 1.85. The molecule has 1 fully saturated rings. The summed E-state index contributed by atoms with van der Waals surface area (Å²) in [4.78, 5) is 12.3. The highest BCUT2D eigenvalue weighted by molar-refractivity contribution is 7.10. The molecule has 3 heterocycles. The van der Waals surface area contributed by atoms with Crippen LogP contribution >= 0.6 is 11.3 Å². The van der Waals surface area contributed by atoms with Crippen molar-refractivity contribution in [3.05, 3.63) is 34.8 Å². The lowest BCUT2D eigenvalue weighted by Crippen LogP contribution is -2.36. The van der Waals surface area contributed by atoms with E-state index < -0.39 is 0 Å². The maximum atomic E-state index is 5.38. The van der Waals surface area contributed by atoms with Gasteiger partial charge in [0, 0.05) is 24.0 Å². The van der Waals surface area contributed by atoms with Crippen LogP contribution in [0.3, 0.4) is 0 Å². The van der Waals surface area contributed by atoms with Crippen molar-refractivity contribution in [2.75, 3.05) is 36.5 Å². The average molecular weight is 304 g/mol. The summed E-state index contributed by atoms with van der Waals surface area (Å²) in [5.41, 5.74) is 0. The molecular formula is C15H20N4OS. The Labute approximate surface area is 129 Å². The Kier molecular flexibility index (Phi) is 4.67. The minimum absolute atomic E-state index is 0.303. The number of nitrogens with zero attached hydrogens (tertiary/aromatic N) is 3. The summed E-state index contributed by atoms with van der Waals surface area (Å²) in [6.07, 6.45) is 2.66. The third-order valence-corrected chi connectivity index (χ3v) is 4.59. The van der Waals surface area contributed by atoms with E-state index in [1.807, 2.05) is 6.07 Å². The van der Waals surface area contributed by atoms with Crippen molar-refractivity contribution in [3.63, 3.8) is 0 Å². The lowest BCUT2D eigenvalue weighted by Gasteiger charge is -2.28. The van der Waals surface area contributed by atoms with Gasteiger partial charge in [-0.3, -0.25) is 0 Å². The van der Waals surface area contributed by atoms with Gasteiger partial charge in [0.05, 0.1) is 19.3 Å². The van der Waals surface area contributed by atoms with Gasteiger partial charge in [-0.2, -0.15) is 0 Å². The molecule has 3 rings (SSSR count). The number of hydrogen-bond acceptors (Lipinski definition) is 6. The maximum absolute atomic E-state index is 5.38. The molecule has 0 aliphatic carbocycles. The Balaban J connectivity index is 1.73. The first-order chi connectivity index (χ1) is 10.4. The number of thiophene rings is 1. The van der Waals surface area contributed by atoms with Crippen LogP contribution in [0, 0.1) is 0 Å². The molecule has 5 nitrogen and oxygen atoms in total. The van der Waals surface area contributed by atoms with Gasteiger partial charge in [0.1, 0.15) is 18.0 Å². The van der Waals surface area contributed by atoms with E-state index in [4.69, 9.17) is 4.74 Å². The molecule has 0 spiro atoms. The molecule has 1 N–H and O–H groups in total. The van der Waals surface area contributed by atoms with Crippen molar-refractivity contribution in [1.82, 2.24) is 9.97 Å².